The molecule has 0 atom stereocenters. The van der Waals surface area contributed by atoms with Gasteiger partial charge in [-0.25, -0.2) is 4.79 Å². The van der Waals surface area contributed by atoms with Crippen LogP contribution in [0.4, 0.5) is 21.9 Å². The fourth-order valence-electron chi connectivity index (χ4n) is 2.43. The van der Waals surface area contributed by atoms with Gasteiger partial charge in [-0.05, 0) is 54.3 Å². The maximum Gasteiger partial charge on any atom is 0.323 e. The van der Waals surface area contributed by atoms with Gasteiger partial charge in [0, 0.05) is 16.1 Å². The molecule has 0 aliphatic carbocycles. The number of halogens is 2. The quantitative estimate of drug-likeness (QED) is 0.515. The molecular formula is C18H15Cl2N3O. The Balaban J connectivity index is 1.85. The number of carbonyl (C=O) groups excluding carboxylic acids is 1. The average Bonchev–Trinajstić information content (AvgIpc) is 2.53. The number of urea groups is 1. The van der Waals surface area contributed by atoms with Crippen molar-refractivity contribution < 1.29 is 4.79 Å². The lowest BCUT2D eigenvalue weighted by atomic mass is 10.1. The first kappa shape index (κ1) is 16.4. The zero-order chi connectivity index (χ0) is 17.3. The van der Waals surface area contributed by atoms with E-state index in [4.69, 9.17) is 28.9 Å². The van der Waals surface area contributed by atoms with Gasteiger partial charge >= 0.3 is 6.03 Å². The molecule has 2 amide bonds. The number of nitrogens with two attached hydrogens (primary N) is 1. The first-order valence-electron chi connectivity index (χ1n) is 7.26. The Morgan fingerprint density at radius 1 is 1.00 bits per heavy atom. The van der Waals surface area contributed by atoms with E-state index < -0.39 is 0 Å². The van der Waals surface area contributed by atoms with Crippen LogP contribution < -0.4 is 16.4 Å². The summed E-state index contributed by atoms with van der Waals surface area (Å²) in [5.41, 5.74) is 8.54. The molecule has 122 valence electrons. The molecule has 0 aliphatic heterocycles. The van der Waals surface area contributed by atoms with Crippen LogP contribution in [0.3, 0.4) is 0 Å². The highest BCUT2D eigenvalue weighted by Crippen LogP contribution is 2.30. The van der Waals surface area contributed by atoms with Gasteiger partial charge in [0.1, 0.15) is 0 Å². The van der Waals surface area contributed by atoms with Crippen molar-refractivity contribution in [3.8, 4) is 0 Å². The molecule has 6 heteroatoms. The molecule has 0 saturated heterocycles. The lowest BCUT2D eigenvalue weighted by molar-refractivity contribution is 0.262. The number of fused-ring (bicyclic) bond motifs is 1. The van der Waals surface area contributed by atoms with Crippen LogP contribution in [0.25, 0.3) is 10.8 Å². The molecule has 0 radical (unpaired) electrons. The summed E-state index contributed by atoms with van der Waals surface area (Å²) in [7, 11) is 0. The number of nitrogen functional groups attached to an aromatic ring is 1. The van der Waals surface area contributed by atoms with E-state index in [1.807, 2.05) is 31.2 Å². The highest BCUT2D eigenvalue weighted by Gasteiger charge is 2.08. The van der Waals surface area contributed by atoms with Crippen molar-refractivity contribution in [2.45, 2.75) is 6.92 Å². The molecule has 0 bridgehead atoms. The predicted octanol–water partition coefficient (Wildman–Crippen LogP) is 5.68. The standard InChI is InChI=1S/C18H15Cl2N3O/c1-10-7-12(5-6-14(10)19)22-18(24)23-17-4-2-3-11-8-15(20)16(21)9-13(11)17/h2-9H,21H2,1H3,(H2,22,23,24). The predicted molar refractivity (Wildman–Crippen MR) is 102 cm³/mol. The number of carbonyl (C=O) groups is 1. The lowest BCUT2D eigenvalue weighted by Crippen LogP contribution is -2.19. The van der Waals surface area contributed by atoms with E-state index in [1.54, 1.807) is 24.3 Å². The lowest BCUT2D eigenvalue weighted by Gasteiger charge is -2.12. The summed E-state index contributed by atoms with van der Waals surface area (Å²) >= 11 is 12.0. The smallest absolute Gasteiger partial charge is 0.323 e. The van der Waals surface area contributed by atoms with Crippen molar-refractivity contribution in [1.82, 2.24) is 0 Å². The molecule has 0 unspecified atom stereocenters. The van der Waals surface area contributed by atoms with Crippen molar-refractivity contribution >= 4 is 57.1 Å². The number of anilines is 3. The minimum atomic E-state index is -0.349. The zero-order valence-corrected chi connectivity index (χ0v) is 14.4. The topological polar surface area (TPSA) is 67.2 Å². The Hall–Kier alpha value is -2.43. The van der Waals surface area contributed by atoms with Gasteiger partial charge < -0.3 is 16.4 Å². The second-order valence-corrected chi connectivity index (χ2v) is 6.26. The van der Waals surface area contributed by atoms with Gasteiger partial charge in [-0.2, -0.15) is 0 Å². The van der Waals surface area contributed by atoms with E-state index >= 15 is 0 Å². The summed E-state index contributed by atoms with van der Waals surface area (Å²) in [4.78, 5) is 12.3. The molecule has 3 aromatic rings. The first-order valence-corrected chi connectivity index (χ1v) is 8.01. The second kappa shape index (κ2) is 6.59. The fraction of sp³-hybridized carbons (Fsp3) is 0.0556. The van der Waals surface area contributed by atoms with Crippen molar-refractivity contribution in [2.24, 2.45) is 0 Å². The number of hydrogen-bond acceptors (Lipinski definition) is 2. The van der Waals surface area contributed by atoms with E-state index in [0.29, 0.717) is 27.1 Å². The number of benzene rings is 3. The largest absolute Gasteiger partial charge is 0.398 e. The van der Waals surface area contributed by atoms with Crippen LogP contribution in [0.5, 0.6) is 0 Å². The molecule has 3 rings (SSSR count). The molecule has 3 aromatic carbocycles. The molecule has 0 fully saturated rings. The van der Waals surface area contributed by atoms with Gasteiger partial charge in [0.15, 0.2) is 0 Å². The molecule has 4 N–H and O–H groups in total. The number of rotatable bonds is 2. The highest BCUT2D eigenvalue weighted by atomic mass is 35.5. The SMILES string of the molecule is Cc1cc(NC(=O)Nc2cccc3cc(Cl)c(N)cc23)ccc1Cl. The third kappa shape index (κ3) is 3.40. The summed E-state index contributed by atoms with van der Waals surface area (Å²) in [6.45, 7) is 1.88. The van der Waals surface area contributed by atoms with Gasteiger partial charge in [0.05, 0.1) is 16.4 Å². The number of amides is 2. The maximum atomic E-state index is 12.3. The molecule has 0 aromatic heterocycles. The maximum absolute atomic E-state index is 12.3. The Kier molecular flexibility index (Phi) is 4.51. The van der Waals surface area contributed by atoms with Crippen LogP contribution in [0.15, 0.2) is 48.5 Å². The Labute approximate surface area is 149 Å². The minimum absolute atomic E-state index is 0.349. The Morgan fingerprint density at radius 2 is 1.79 bits per heavy atom. The van der Waals surface area contributed by atoms with Crippen LogP contribution in [0.2, 0.25) is 10.0 Å². The summed E-state index contributed by atoms with van der Waals surface area (Å²) in [6, 6.07) is 14.0. The number of nitrogens with one attached hydrogen (secondary N) is 2. The minimum Gasteiger partial charge on any atom is -0.398 e. The monoisotopic (exact) mass is 359 g/mol. The third-order valence-corrected chi connectivity index (χ3v) is 4.41. The average molecular weight is 360 g/mol. The molecule has 0 spiro atoms. The van der Waals surface area contributed by atoms with Crippen molar-refractivity contribution in [3.05, 3.63) is 64.1 Å². The summed E-state index contributed by atoms with van der Waals surface area (Å²) in [5.74, 6) is 0. The van der Waals surface area contributed by atoms with E-state index in [1.165, 1.54) is 0 Å². The normalized spacial score (nSPS) is 10.6. The van der Waals surface area contributed by atoms with Crippen molar-refractivity contribution in [2.75, 3.05) is 16.4 Å². The Bertz CT molecular complexity index is 941. The van der Waals surface area contributed by atoms with E-state index in [-0.39, 0.29) is 6.03 Å². The summed E-state index contributed by atoms with van der Waals surface area (Å²) < 4.78 is 0. The van der Waals surface area contributed by atoms with Gasteiger partial charge in [-0.1, -0.05) is 35.3 Å². The fourth-order valence-corrected chi connectivity index (χ4v) is 2.72. The summed E-state index contributed by atoms with van der Waals surface area (Å²) in [6.07, 6.45) is 0. The van der Waals surface area contributed by atoms with Crippen LogP contribution in [-0.4, -0.2) is 6.03 Å². The van der Waals surface area contributed by atoms with E-state index in [2.05, 4.69) is 10.6 Å². The zero-order valence-electron chi connectivity index (χ0n) is 12.9. The number of hydrogen-bond donors (Lipinski definition) is 3. The van der Waals surface area contributed by atoms with E-state index in [0.717, 1.165) is 16.3 Å². The third-order valence-electron chi connectivity index (χ3n) is 3.66. The van der Waals surface area contributed by atoms with Gasteiger partial charge in [0.2, 0.25) is 0 Å². The van der Waals surface area contributed by atoms with Crippen LogP contribution in [0, 0.1) is 6.92 Å². The molecule has 4 nitrogen and oxygen atoms in total. The molecule has 0 aliphatic rings. The molecule has 0 saturated carbocycles. The van der Waals surface area contributed by atoms with Crippen LogP contribution in [-0.2, 0) is 0 Å². The van der Waals surface area contributed by atoms with Gasteiger partial charge in [0.25, 0.3) is 0 Å². The highest BCUT2D eigenvalue weighted by molar-refractivity contribution is 6.34. The van der Waals surface area contributed by atoms with Crippen molar-refractivity contribution in [3.63, 3.8) is 0 Å². The molecule has 0 heterocycles. The van der Waals surface area contributed by atoms with E-state index in [9.17, 15) is 4.79 Å². The van der Waals surface area contributed by atoms with Gasteiger partial charge in [-0.15, -0.1) is 0 Å². The van der Waals surface area contributed by atoms with Crippen LogP contribution in [0.1, 0.15) is 5.56 Å². The van der Waals surface area contributed by atoms with Crippen LogP contribution >= 0.6 is 23.2 Å². The first-order chi connectivity index (χ1) is 11.4. The van der Waals surface area contributed by atoms with Crippen molar-refractivity contribution in [1.29, 1.82) is 0 Å². The Morgan fingerprint density at radius 3 is 2.54 bits per heavy atom. The van der Waals surface area contributed by atoms with Gasteiger partial charge in [-0.3, -0.25) is 0 Å². The molecular weight excluding hydrogens is 345 g/mol. The number of aryl methyl sites for hydroxylation is 1. The molecule has 24 heavy (non-hydrogen) atoms. The summed E-state index contributed by atoms with van der Waals surface area (Å²) in [5, 5.41) is 8.48. The second-order valence-electron chi connectivity index (χ2n) is 5.44.